The number of amides is 1. The quantitative estimate of drug-likeness (QED) is 0.550. The van der Waals surface area contributed by atoms with Gasteiger partial charge in [0.2, 0.25) is 0 Å². The zero-order chi connectivity index (χ0) is 20.9. The van der Waals surface area contributed by atoms with Crippen molar-refractivity contribution >= 4 is 40.3 Å². The van der Waals surface area contributed by atoms with E-state index in [9.17, 15) is 9.90 Å². The Labute approximate surface area is 179 Å². The molecule has 0 bridgehead atoms. The Kier molecular flexibility index (Phi) is 5.86. The zero-order valence-corrected chi connectivity index (χ0v) is 17.2. The smallest absolute Gasteiger partial charge is 0.271 e. The lowest BCUT2D eigenvalue weighted by Gasteiger charge is -2.15. The van der Waals surface area contributed by atoms with Crippen LogP contribution in [0.25, 0.3) is 6.08 Å². The van der Waals surface area contributed by atoms with Gasteiger partial charge in [0.05, 0.1) is 22.9 Å². The number of carbonyl (C=O) groups excluding carboxylic acids is 1. The molecule has 6 heteroatoms. The monoisotopic (exact) mass is 416 g/mol. The van der Waals surface area contributed by atoms with E-state index in [1.54, 1.807) is 29.2 Å². The molecule has 0 atom stereocenters. The fourth-order valence-corrected chi connectivity index (χ4v) is 4.03. The first-order valence-electron chi connectivity index (χ1n) is 9.55. The number of thioether (sulfide) groups is 1. The summed E-state index contributed by atoms with van der Waals surface area (Å²) in [5.41, 5.74) is 2.02. The van der Waals surface area contributed by atoms with Gasteiger partial charge in [-0.25, -0.2) is 4.99 Å². The number of benzene rings is 3. The molecular formula is C24H20N2O3S. The molecule has 1 fully saturated rings. The number of phenols is 1. The van der Waals surface area contributed by atoms with E-state index in [1.807, 2.05) is 67.6 Å². The standard InChI is InChI=1S/C24H20N2O3S/c1-2-29-20-15-9-10-17(22(20)27)16-21-23(28)26(19-13-7-4-8-14-19)24(30-21)25-18-11-5-3-6-12-18/h3-16,27H,2H2,1H3/b21-16+,25-24?. The molecule has 4 rings (SSSR count). The summed E-state index contributed by atoms with van der Waals surface area (Å²) in [6.07, 6.45) is 1.67. The van der Waals surface area contributed by atoms with E-state index in [4.69, 9.17) is 4.74 Å². The number of phenolic OH excluding ortho intramolecular Hbond substituents is 1. The SMILES string of the molecule is CCOc1cccc(/C=C2/SC(=Nc3ccccc3)N(c3ccccc3)C2=O)c1O. The van der Waals surface area contributed by atoms with Gasteiger partial charge in [-0.1, -0.05) is 48.5 Å². The number of ether oxygens (including phenoxy) is 1. The maximum Gasteiger partial charge on any atom is 0.271 e. The summed E-state index contributed by atoms with van der Waals surface area (Å²) in [4.78, 5) is 20.0. The van der Waals surface area contributed by atoms with Crippen molar-refractivity contribution < 1.29 is 14.6 Å². The lowest BCUT2D eigenvalue weighted by Crippen LogP contribution is -2.28. The van der Waals surface area contributed by atoms with Crippen LogP contribution in [-0.2, 0) is 4.79 Å². The highest BCUT2D eigenvalue weighted by Gasteiger charge is 2.35. The average molecular weight is 417 g/mol. The third-order valence-electron chi connectivity index (χ3n) is 4.42. The topological polar surface area (TPSA) is 62.1 Å². The van der Waals surface area contributed by atoms with E-state index in [1.165, 1.54) is 11.8 Å². The van der Waals surface area contributed by atoms with Gasteiger partial charge < -0.3 is 9.84 Å². The van der Waals surface area contributed by atoms with Gasteiger partial charge in [-0.15, -0.1) is 0 Å². The Morgan fingerprint density at radius 1 is 1.00 bits per heavy atom. The normalized spacial score (nSPS) is 16.4. The molecule has 3 aromatic rings. The minimum Gasteiger partial charge on any atom is -0.504 e. The molecule has 1 N–H and O–H groups in total. The summed E-state index contributed by atoms with van der Waals surface area (Å²) in [6, 6.07) is 24.1. The Morgan fingerprint density at radius 3 is 2.40 bits per heavy atom. The van der Waals surface area contributed by atoms with Gasteiger partial charge in [0.1, 0.15) is 0 Å². The number of aromatic hydroxyl groups is 1. The van der Waals surface area contributed by atoms with Gasteiger partial charge in [0.15, 0.2) is 16.7 Å². The molecule has 1 saturated heterocycles. The highest BCUT2D eigenvalue weighted by Crippen LogP contribution is 2.39. The molecule has 150 valence electrons. The minimum absolute atomic E-state index is 0.0139. The van der Waals surface area contributed by atoms with Gasteiger partial charge in [0.25, 0.3) is 5.91 Å². The number of anilines is 1. The molecular weight excluding hydrogens is 396 g/mol. The van der Waals surface area contributed by atoms with Crippen molar-refractivity contribution in [2.75, 3.05) is 11.5 Å². The van der Waals surface area contributed by atoms with Crippen LogP contribution in [0, 0.1) is 0 Å². The summed E-state index contributed by atoms with van der Waals surface area (Å²) in [7, 11) is 0. The van der Waals surface area contributed by atoms with Gasteiger partial charge >= 0.3 is 0 Å². The minimum atomic E-state index is -0.193. The van der Waals surface area contributed by atoms with Gasteiger partial charge in [0, 0.05) is 5.56 Å². The van der Waals surface area contributed by atoms with Crippen LogP contribution in [0.5, 0.6) is 11.5 Å². The first-order valence-corrected chi connectivity index (χ1v) is 10.4. The highest BCUT2D eigenvalue weighted by molar-refractivity contribution is 8.19. The molecule has 1 heterocycles. The third-order valence-corrected chi connectivity index (χ3v) is 5.39. The van der Waals surface area contributed by atoms with E-state index < -0.39 is 0 Å². The second kappa shape index (κ2) is 8.88. The summed E-state index contributed by atoms with van der Waals surface area (Å²) in [6.45, 7) is 2.29. The molecule has 0 aliphatic carbocycles. The number of para-hydroxylation sites is 3. The zero-order valence-electron chi connectivity index (χ0n) is 16.4. The van der Waals surface area contributed by atoms with Crippen LogP contribution in [0.2, 0.25) is 0 Å². The van der Waals surface area contributed by atoms with E-state index in [0.29, 0.717) is 28.0 Å². The van der Waals surface area contributed by atoms with Gasteiger partial charge in [-0.05, 0) is 55.1 Å². The second-order valence-corrected chi connectivity index (χ2v) is 7.45. The molecule has 0 unspecified atom stereocenters. The molecule has 0 spiro atoms. The van der Waals surface area contributed by atoms with Crippen LogP contribution in [0.1, 0.15) is 12.5 Å². The summed E-state index contributed by atoms with van der Waals surface area (Å²) >= 11 is 1.27. The Hall–Kier alpha value is -3.51. The Bertz CT molecular complexity index is 1110. The van der Waals surface area contributed by atoms with Crippen molar-refractivity contribution in [3.63, 3.8) is 0 Å². The van der Waals surface area contributed by atoms with Crippen molar-refractivity contribution in [2.45, 2.75) is 6.92 Å². The van der Waals surface area contributed by atoms with Gasteiger partial charge in [-0.2, -0.15) is 0 Å². The number of rotatable bonds is 5. The number of nitrogens with zero attached hydrogens (tertiary/aromatic N) is 2. The second-order valence-electron chi connectivity index (χ2n) is 6.44. The number of aliphatic imine (C=N–C) groups is 1. The number of carbonyl (C=O) groups is 1. The molecule has 3 aromatic carbocycles. The maximum atomic E-state index is 13.3. The lowest BCUT2D eigenvalue weighted by atomic mass is 10.1. The molecule has 1 aliphatic heterocycles. The molecule has 1 aliphatic rings. The van der Waals surface area contributed by atoms with Crippen molar-refractivity contribution in [1.82, 2.24) is 0 Å². The lowest BCUT2D eigenvalue weighted by molar-refractivity contribution is -0.113. The van der Waals surface area contributed by atoms with Gasteiger partial charge in [-0.3, -0.25) is 9.69 Å². The highest BCUT2D eigenvalue weighted by atomic mass is 32.2. The Balaban J connectivity index is 1.76. The van der Waals surface area contributed by atoms with E-state index in [2.05, 4.69) is 4.99 Å². The molecule has 0 radical (unpaired) electrons. The van der Waals surface area contributed by atoms with Crippen LogP contribution in [0.3, 0.4) is 0 Å². The molecule has 0 saturated carbocycles. The molecule has 30 heavy (non-hydrogen) atoms. The van der Waals surface area contributed by atoms with Crippen LogP contribution < -0.4 is 9.64 Å². The van der Waals surface area contributed by atoms with Crippen molar-refractivity contribution in [1.29, 1.82) is 0 Å². The first kappa shape index (κ1) is 19.8. The van der Waals surface area contributed by atoms with Crippen molar-refractivity contribution in [3.8, 4) is 11.5 Å². The molecule has 1 amide bonds. The van der Waals surface area contributed by atoms with Crippen LogP contribution >= 0.6 is 11.8 Å². The van der Waals surface area contributed by atoms with E-state index in [0.717, 1.165) is 11.4 Å². The first-order chi connectivity index (χ1) is 14.7. The largest absolute Gasteiger partial charge is 0.504 e. The third kappa shape index (κ3) is 4.09. The van der Waals surface area contributed by atoms with E-state index in [-0.39, 0.29) is 11.7 Å². The van der Waals surface area contributed by atoms with Crippen LogP contribution in [-0.4, -0.2) is 22.8 Å². The fourth-order valence-electron chi connectivity index (χ4n) is 3.04. The van der Waals surface area contributed by atoms with Crippen molar-refractivity contribution in [2.24, 2.45) is 4.99 Å². The Morgan fingerprint density at radius 2 is 1.70 bits per heavy atom. The van der Waals surface area contributed by atoms with Crippen LogP contribution in [0.15, 0.2) is 88.8 Å². The summed E-state index contributed by atoms with van der Waals surface area (Å²) < 4.78 is 5.45. The van der Waals surface area contributed by atoms with Crippen LogP contribution in [0.4, 0.5) is 11.4 Å². The summed E-state index contributed by atoms with van der Waals surface area (Å²) in [5.74, 6) is 0.211. The number of hydrogen-bond donors (Lipinski definition) is 1. The number of hydrogen-bond acceptors (Lipinski definition) is 5. The van der Waals surface area contributed by atoms with Crippen molar-refractivity contribution in [3.05, 3.63) is 89.3 Å². The van der Waals surface area contributed by atoms with E-state index >= 15 is 0 Å². The molecule has 5 nitrogen and oxygen atoms in total. The molecule has 0 aromatic heterocycles. The fraction of sp³-hybridized carbons (Fsp3) is 0.0833. The number of amidine groups is 1. The predicted octanol–water partition coefficient (Wildman–Crippen LogP) is 5.60. The maximum absolute atomic E-state index is 13.3. The average Bonchev–Trinajstić information content (AvgIpc) is 3.07. The predicted molar refractivity (Wildman–Crippen MR) is 122 cm³/mol. The summed E-state index contributed by atoms with van der Waals surface area (Å²) in [5, 5.41) is 11.1.